The van der Waals surface area contributed by atoms with Crippen LogP contribution in [-0.2, 0) is 19.4 Å². The van der Waals surface area contributed by atoms with Crippen molar-refractivity contribution in [2.75, 3.05) is 0 Å². The minimum Gasteiger partial charge on any atom is -0.311 e. The number of aromatic nitrogens is 2. The van der Waals surface area contributed by atoms with E-state index < -0.39 is 5.67 Å². The molecule has 0 saturated carbocycles. The molecule has 2 saturated heterocycles. The minimum atomic E-state index is -1.13. The summed E-state index contributed by atoms with van der Waals surface area (Å²) in [5.41, 5.74) is 0.650. The molecule has 2 aliphatic heterocycles. The lowest BCUT2D eigenvalue weighted by molar-refractivity contribution is 0.0870. The van der Waals surface area contributed by atoms with E-state index in [-0.39, 0.29) is 0 Å². The minimum absolute atomic E-state index is 0.348. The molecular weight excluding hydrogens is 277 g/mol. The van der Waals surface area contributed by atoms with Gasteiger partial charge in [-0.15, -0.1) is 0 Å². The Morgan fingerprint density at radius 2 is 2.00 bits per heavy atom. The number of piperidine rings is 1. The zero-order valence-corrected chi connectivity index (χ0v) is 13.0. The van der Waals surface area contributed by atoms with Gasteiger partial charge in [0.15, 0.2) is 0 Å². The van der Waals surface area contributed by atoms with Crippen LogP contribution in [-0.4, -0.2) is 27.5 Å². The smallest absolute Gasteiger partial charge is 0.119 e. The average molecular weight is 300 g/mol. The van der Waals surface area contributed by atoms with Crippen molar-refractivity contribution in [2.24, 2.45) is 0 Å². The molecule has 2 bridgehead atoms. The number of nitrogens with zero attached hydrogens (tertiary/aromatic N) is 2. The number of hydrogen-bond donors (Lipinski definition) is 1. The Morgan fingerprint density at radius 1 is 1.35 bits per heavy atom. The summed E-state index contributed by atoms with van der Waals surface area (Å²) < 4.78 is 17.2. The first-order chi connectivity index (χ1) is 9.54. The van der Waals surface area contributed by atoms with Gasteiger partial charge in [-0.05, 0) is 39.0 Å². The summed E-state index contributed by atoms with van der Waals surface area (Å²) in [6.45, 7) is 4.81. The molecule has 3 rings (SSSR count). The molecular formula is C15H23ClFN3. The molecule has 2 aliphatic rings. The third kappa shape index (κ3) is 2.48. The van der Waals surface area contributed by atoms with Crippen LogP contribution in [0.2, 0.25) is 5.02 Å². The molecule has 0 spiro atoms. The lowest BCUT2D eigenvalue weighted by Gasteiger charge is -2.35. The van der Waals surface area contributed by atoms with Crippen molar-refractivity contribution in [3.05, 3.63) is 16.4 Å². The van der Waals surface area contributed by atoms with E-state index in [4.69, 9.17) is 11.6 Å². The van der Waals surface area contributed by atoms with E-state index in [1.807, 2.05) is 18.5 Å². The standard InChI is InChI=1S/C15H23ClFN3/c1-3-12-14(16)13(20(4-2)19-12)9-15(17)7-10-5-6-11(8-15)18-10/h10-11,18H,3-9H2,1-2H3. The van der Waals surface area contributed by atoms with Crippen molar-refractivity contribution in [1.29, 1.82) is 0 Å². The molecule has 20 heavy (non-hydrogen) atoms. The number of aryl methyl sites for hydroxylation is 2. The summed E-state index contributed by atoms with van der Waals surface area (Å²) in [6.07, 6.45) is 4.63. The Labute approximate surface area is 124 Å². The molecule has 1 N–H and O–H groups in total. The Balaban J connectivity index is 1.85. The number of fused-ring (bicyclic) bond motifs is 2. The molecule has 0 aromatic carbocycles. The van der Waals surface area contributed by atoms with Crippen LogP contribution < -0.4 is 5.32 Å². The normalized spacial score (nSPS) is 32.8. The first-order valence-electron chi connectivity index (χ1n) is 7.73. The Kier molecular flexibility index (Phi) is 3.80. The maximum atomic E-state index is 15.3. The van der Waals surface area contributed by atoms with Gasteiger partial charge >= 0.3 is 0 Å². The van der Waals surface area contributed by atoms with Gasteiger partial charge in [0, 0.05) is 25.0 Å². The highest BCUT2D eigenvalue weighted by molar-refractivity contribution is 6.31. The second-order valence-corrected chi connectivity index (χ2v) is 6.63. The highest BCUT2D eigenvalue weighted by Crippen LogP contribution is 2.40. The second-order valence-electron chi connectivity index (χ2n) is 6.25. The van der Waals surface area contributed by atoms with Crippen LogP contribution in [0.15, 0.2) is 0 Å². The summed E-state index contributed by atoms with van der Waals surface area (Å²) in [6, 6.07) is 0.697. The van der Waals surface area contributed by atoms with Crippen LogP contribution in [0.25, 0.3) is 0 Å². The van der Waals surface area contributed by atoms with E-state index in [0.29, 0.717) is 36.4 Å². The quantitative estimate of drug-likeness (QED) is 0.924. The maximum Gasteiger partial charge on any atom is 0.119 e. The van der Waals surface area contributed by atoms with Crippen LogP contribution >= 0.6 is 11.6 Å². The summed E-state index contributed by atoms with van der Waals surface area (Å²) in [5, 5.41) is 8.67. The van der Waals surface area contributed by atoms with Crippen molar-refractivity contribution < 1.29 is 4.39 Å². The van der Waals surface area contributed by atoms with E-state index in [1.54, 1.807) is 0 Å². The van der Waals surface area contributed by atoms with Crippen molar-refractivity contribution in [1.82, 2.24) is 15.1 Å². The summed E-state index contributed by atoms with van der Waals surface area (Å²) in [7, 11) is 0. The summed E-state index contributed by atoms with van der Waals surface area (Å²) >= 11 is 6.41. The molecule has 1 aromatic heterocycles. The number of alkyl halides is 1. The highest BCUT2D eigenvalue weighted by atomic mass is 35.5. The van der Waals surface area contributed by atoms with E-state index in [0.717, 1.165) is 37.2 Å². The van der Waals surface area contributed by atoms with Gasteiger partial charge < -0.3 is 5.32 Å². The first-order valence-corrected chi connectivity index (χ1v) is 8.11. The van der Waals surface area contributed by atoms with Crippen molar-refractivity contribution >= 4 is 11.6 Å². The fourth-order valence-electron chi connectivity index (χ4n) is 3.82. The summed E-state index contributed by atoms with van der Waals surface area (Å²) in [5.74, 6) is 0. The largest absolute Gasteiger partial charge is 0.311 e. The molecule has 2 unspecified atom stereocenters. The van der Waals surface area contributed by atoms with Gasteiger partial charge in [-0.2, -0.15) is 5.10 Å². The van der Waals surface area contributed by atoms with Gasteiger partial charge in [0.05, 0.1) is 16.4 Å². The van der Waals surface area contributed by atoms with Gasteiger partial charge in [-0.25, -0.2) is 4.39 Å². The van der Waals surface area contributed by atoms with Crippen molar-refractivity contribution in [2.45, 2.75) is 76.7 Å². The predicted molar refractivity (Wildman–Crippen MR) is 79.0 cm³/mol. The Hall–Kier alpha value is -0.610. The van der Waals surface area contributed by atoms with Gasteiger partial charge in [0.1, 0.15) is 5.67 Å². The zero-order valence-electron chi connectivity index (χ0n) is 12.3. The number of hydrogen-bond acceptors (Lipinski definition) is 2. The van der Waals surface area contributed by atoms with Crippen LogP contribution in [0.4, 0.5) is 4.39 Å². The van der Waals surface area contributed by atoms with E-state index in [1.165, 1.54) is 0 Å². The number of rotatable bonds is 4. The van der Waals surface area contributed by atoms with Gasteiger partial charge in [-0.1, -0.05) is 18.5 Å². The Morgan fingerprint density at radius 3 is 2.55 bits per heavy atom. The molecule has 112 valence electrons. The Bertz CT molecular complexity index is 488. The molecule has 2 atom stereocenters. The van der Waals surface area contributed by atoms with E-state index in [9.17, 15) is 0 Å². The molecule has 0 radical (unpaired) electrons. The van der Waals surface area contributed by atoms with Crippen molar-refractivity contribution in [3.8, 4) is 0 Å². The SMILES string of the molecule is CCc1nn(CC)c(CC2(F)CC3CCC(C2)N3)c1Cl. The third-order valence-corrected chi connectivity index (χ3v) is 5.17. The predicted octanol–water partition coefficient (Wildman–Crippen LogP) is 3.28. The fourth-order valence-corrected chi connectivity index (χ4v) is 4.16. The van der Waals surface area contributed by atoms with Gasteiger partial charge in [0.25, 0.3) is 0 Å². The number of halogens is 2. The lowest BCUT2D eigenvalue weighted by atomic mass is 9.85. The van der Waals surface area contributed by atoms with Crippen LogP contribution in [0.5, 0.6) is 0 Å². The highest BCUT2D eigenvalue weighted by Gasteiger charge is 2.45. The van der Waals surface area contributed by atoms with Crippen LogP contribution in [0, 0.1) is 0 Å². The molecule has 0 amide bonds. The average Bonchev–Trinajstić information content (AvgIpc) is 2.91. The topological polar surface area (TPSA) is 29.9 Å². The van der Waals surface area contributed by atoms with Crippen LogP contribution in [0.3, 0.4) is 0 Å². The fraction of sp³-hybridized carbons (Fsp3) is 0.800. The number of nitrogens with one attached hydrogen (secondary N) is 1. The summed E-state index contributed by atoms with van der Waals surface area (Å²) in [4.78, 5) is 0. The van der Waals surface area contributed by atoms with E-state index >= 15 is 4.39 Å². The maximum absolute atomic E-state index is 15.3. The monoisotopic (exact) mass is 299 g/mol. The molecule has 5 heteroatoms. The van der Waals surface area contributed by atoms with Crippen molar-refractivity contribution in [3.63, 3.8) is 0 Å². The molecule has 3 nitrogen and oxygen atoms in total. The lowest BCUT2D eigenvalue weighted by Crippen LogP contribution is -2.47. The molecule has 1 aromatic rings. The second kappa shape index (κ2) is 5.30. The zero-order chi connectivity index (χ0) is 14.3. The molecule has 0 aliphatic carbocycles. The third-order valence-electron chi connectivity index (χ3n) is 4.74. The molecule has 3 heterocycles. The van der Waals surface area contributed by atoms with Gasteiger partial charge in [-0.3, -0.25) is 4.68 Å². The molecule has 2 fully saturated rings. The first kappa shape index (κ1) is 14.3. The van der Waals surface area contributed by atoms with Gasteiger partial charge in [0.2, 0.25) is 0 Å². The van der Waals surface area contributed by atoms with Crippen LogP contribution in [0.1, 0.15) is 50.9 Å². The van der Waals surface area contributed by atoms with E-state index in [2.05, 4.69) is 10.4 Å².